The molecule has 108 valence electrons. The SMILES string of the molecule is C(/Cc1ccccc1)=C(/c1ccccc1)N1CCOCC1. The van der Waals surface area contributed by atoms with Crippen LogP contribution >= 0.6 is 0 Å². The third-order valence-electron chi connectivity index (χ3n) is 3.80. The molecule has 0 amide bonds. The highest BCUT2D eigenvalue weighted by molar-refractivity contribution is 5.64. The number of benzene rings is 2. The molecule has 1 aliphatic heterocycles. The maximum Gasteiger partial charge on any atom is 0.0642 e. The molecule has 0 spiro atoms. The lowest BCUT2D eigenvalue weighted by atomic mass is 10.1. The summed E-state index contributed by atoms with van der Waals surface area (Å²) in [6.45, 7) is 3.57. The van der Waals surface area contributed by atoms with E-state index in [2.05, 4.69) is 71.6 Å². The molecule has 3 rings (SSSR count). The van der Waals surface area contributed by atoms with Gasteiger partial charge in [0.05, 0.1) is 13.2 Å². The van der Waals surface area contributed by atoms with Gasteiger partial charge in [-0.2, -0.15) is 0 Å². The van der Waals surface area contributed by atoms with Crippen LogP contribution in [0.2, 0.25) is 0 Å². The quantitative estimate of drug-likeness (QED) is 0.848. The van der Waals surface area contributed by atoms with Crippen molar-refractivity contribution in [3.8, 4) is 0 Å². The minimum absolute atomic E-state index is 0.815. The molecule has 21 heavy (non-hydrogen) atoms. The van der Waals surface area contributed by atoms with Gasteiger partial charge in [-0.3, -0.25) is 0 Å². The van der Waals surface area contributed by atoms with Gasteiger partial charge >= 0.3 is 0 Å². The first kappa shape index (κ1) is 13.9. The summed E-state index contributed by atoms with van der Waals surface area (Å²) in [7, 11) is 0. The summed E-state index contributed by atoms with van der Waals surface area (Å²) in [4.78, 5) is 2.43. The minimum Gasteiger partial charge on any atom is -0.378 e. The standard InChI is InChI=1S/C19H21NO/c1-3-7-17(8-4-1)11-12-19(18-9-5-2-6-10-18)20-13-15-21-16-14-20/h1-10,12H,11,13-16H2/b19-12+. The van der Waals surface area contributed by atoms with Crippen molar-refractivity contribution >= 4 is 5.70 Å². The number of nitrogens with zero attached hydrogens (tertiary/aromatic N) is 1. The molecule has 0 unspecified atom stereocenters. The first-order valence-electron chi connectivity index (χ1n) is 7.56. The van der Waals surface area contributed by atoms with Gasteiger partial charge in [0.2, 0.25) is 0 Å². The van der Waals surface area contributed by atoms with E-state index in [1.165, 1.54) is 16.8 Å². The summed E-state index contributed by atoms with van der Waals surface area (Å²) in [5, 5.41) is 0. The normalized spacial score (nSPS) is 16.0. The van der Waals surface area contributed by atoms with Crippen molar-refractivity contribution in [3.63, 3.8) is 0 Å². The smallest absolute Gasteiger partial charge is 0.0642 e. The van der Waals surface area contributed by atoms with Crippen LogP contribution in [0, 0.1) is 0 Å². The van der Waals surface area contributed by atoms with Crippen LogP contribution in [0.1, 0.15) is 11.1 Å². The van der Waals surface area contributed by atoms with Crippen molar-refractivity contribution in [2.24, 2.45) is 0 Å². The Balaban J connectivity index is 1.84. The average molecular weight is 279 g/mol. The highest BCUT2D eigenvalue weighted by atomic mass is 16.5. The van der Waals surface area contributed by atoms with E-state index in [4.69, 9.17) is 4.74 Å². The Labute approximate surface area is 126 Å². The Kier molecular flexibility index (Phi) is 4.70. The molecule has 1 aliphatic rings. The van der Waals surface area contributed by atoms with Crippen LogP contribution in [-0.2, 0) is 11.2 Å². The maximum absolute atomic E-state index is 5.48. The molecule has 0 bridgehead atoms. The van der Waals surface area contributed by atoms with E-state index in [1.54, 1.807) is 0 Å². The van der Waals surface area contributed by atoms with Gasteiger partial charge in [-0.25, -0.2) is 0 Å². The van der Waals surface area contributed by atoms with E-state index in [0.717, 1.165) is 32.7 Å². The predicted molar refractivity (Wildman–Crippen MR) is 87.0 cm³/mol. The number of hydrogen-bond donors (Lipinski definition) is 0. The second kappa shape index (κ2) is 7.09. The van der Waals surface area contributed by atoms with E-state index in [-0.39, 0.29) is 0 Å². The average Bonchev–Trinajstić information content (AvgIpc) is 2.58. The van der Waals surface area contributed by atoms with Crippen molar-refractivity contribution in [2.45, 2.75) is 6.42 Å². The molecule has 0 saturated carbocycles. The van der Waals surface area contributed by atoms with Gasteiger partial charge in [-0.15, -0.1) is 0 Å². The maximum atomic E-state index is 5.48. The van der Waals surface area contributed by atoms with Crippen molar-refractivity contribution in [1.82, 2.24) is 4.90 Å². The third-order valence-corrected chi connectivity index (χ3v) is 3.80. The fraction of sp³-hybridized carbons (Fsp3) is 0.263. The van der Waals surface area contributed by atoms with Crippen LogP contribution in [0.3, 0.4) is 0 Å². The van der Waals surface area contributed by atoms with Crippen LogP contribution in [0.5, 0.6) is 0 Å². The predicted octanol–water partition coefficient (Wildman–Crippen LogP) is 3.60. The van der Waals surface area contributed by atoms with Crippen molar-refractivity contribution in [3.05, 3.63) is 77.9 Å². The molecular weight excluding hydrogens is 258 g/mol. The third kappa shape index (κ3) is 3.73. The number of allylic oxidation sites excluding steroid dienone is 1. The zero-order valence-electron chi connectivity index (χ0n) is 12.2. The van der Waals surface area contributed by atoms with Crippen molar-refractivity contribution in [2.75, 3.05) is 26.3 Å². The van der Waals surface area contributed by atoms with Gasteiger partial charge in [0.1, 0.15) is 0 Å². The summed E-state index contributed by atoms with van der Waals surface area (Å²) in [5.74, 6) is 0. The van der Waals surface area contributed by atoms with E-state index in [1.807, 2.05) is 0 Å². The van der Waals surface area contributed by atoms with E-state index in [0.29, 0.717) is 0 Å². The molecule has 2 nitrogen and oxygen atoms in total. The lowest BCUT2D eigenvalue weighted by molar-refractivity contribution is 0.0639. The minimum atomic E-state index is 0.815. The summed E-state index contributed by atoms with van der Waals surface area (Å²) in [6.07, 6.45) is 3.30. The van der Waals surface area contributed by atoms with Crippen molar-refractivity contribution in [1.29, 1.82) is 0 Å². The van der Waals surface area contributed by atoms with Gasteiger partial charge < -0.3 is 9.64 Å². The molecule has 2 aromatic carbocycles. The number of morpholine rings is 1. The number of ether oxygens (including phenoxy) is 1. The fourth-order valence-corrected chi connectivity index (χ4v) is 2.67. The number of rotatable bonds is 4. The Morgan fingerprint density at radius 3 is 2.19 bits per heavy atom. The molecule has 2 heteroatoms. The first-order valence-corrected chi connectivity index (χ1v) is 7.56. The largest absolute Gasteiger partial charge is 0.378 e. The van der Waals surface area contributed by atoms with Crippen LogP contribution in [-0.4, -0.2) is 31.2 Å². The monoisotopic (exact) mass is 279 g/mol. The Morgan fingerprint density at radius 1 is 0.905 bits per heavy atom. The first-order chi connectivity index (χ1) is 10.4. The van der Waals surface area contributed by atoms with E-state index >= 15 is 0 Å². The van der Waals surface area contributed by atoms with Gasteiger partial charge in [-0.05, 0) is 17.5 Å². The van der Waals surface area contributed by atoms with E-state index in [9.17, 15) is 0 Å². The summed E-state index contributed by atoms with van der Waals surface area (Å²) >= 11 is 0. The van der Waals surface area contributed by atoms with E-state index < -0.39 is 0 Å². The lowest BCUT2D eigenvalue weighted by Crippen LogP contribution is -2.35. The Hall–Kier alpha value is -2.06. The molecule has 1 saturated heterocycles. The Morgan fingerprint density at radius 2 is 1.52 bits per heavy atom. The Bertz CT molecular complexity index is 571. The van der Waals surface area contributed by atoms with Gasteiger partial charge in [0.25, 0.3) is 0 Å². The summed E-state index contributed by atoms with van der Waals surface area (Å²) < 4.78 is 5.48. The molecule has 1 fully saturated rings. The zero-order chi connectivity index (χ0) is 14.3. The van der Waals surface area contributed by atoms with Crippen LogP contribution in [0.15, 0.2) is 66.7 Å². The van der Waals surface area contributed by atoms with Gasteiger partial charge in [0, 0.05) is 18.8 Å². The van der Waals surface area contributed by atoms with Crippen LogP contribution < -0.4 is 0 Å². The molecule has 0 N–H and O–H groups in total. The summed E-state index contributed by atoms with van der Waals surface area (Å²) in [6, 6.07) is 21.3. The highest BCUT2D eigenvalue weighted by Gasteiger charge is 2.14. The zero-order valence-corrected chi connectivity index (χ0v) is 12.2. The van der Waals surface area contributed by atoms with Gasteiger partial charge in [0.15, 0.2) is 0 Å². The molecule has 2 aromatic rings. The molecular formula is C19H21NO. The topological polar surface area (TPSA) is 12.5 Å². The second-order valence-corrected chi connectivity index (χ2v) is 5.24. The molecule has 0 aromatic heterocycles. The fourth-order valence-electron chi connectivity index (χ4n) is 2.67. The molecule has 0 atom stereocenters. The highest BCUT2D eigenvalue weighted by Crippen LogP contribution is 2.21. The second-order valence-electron chi connectivity index (χ2n) is 5.24. The van der Waals surface area contributed by atoms with Crippen LogP contribution in [0.4, 0.5) is 0 Å². The lowest BCUT2D eigenvalue weighted by Gasteiger charge is -2.31. The number of hydrogen-bond acceptors (Lipinski definition) is 2. The molecule has 1 heterocycles. The summed E-state index contributed by atoms with van der Waals surface area (Å²) in [5.41, 5.74) is 3.96. The van der Waals surface area contributed by atoms with Crippen molar-refractivity contribution < 1.29 is 4.74 Å². The molecule has 0 radical (unpaired) electrons. The molecule has 0 aliphatic carbocycles. The van der Waals surface area contributed by atoms with Crippen LogP contribution in [0.25, 0.3) is 5.70 Å². The van der Waals surface area contributed by atoms with Gasteiger partial charge in [-0.1, -0.05) is 66.7 Å².